The zero-order valence-corrected chi connectivity index (χ0v) is 13.4. The Morgan fingerprint density at radius 2 is 2.09 bits per heavy atom. The number of rotatable bonds is 3. The normalized spacial score (nSPS) is 29.5. The molecule has 1 aromatic heterocycles. The third kappa shape index (κ3) is 3.40. The van der Waals surface area contributed by atoms with Crippen LogP contribution in [0.5, 0.6) is 0 Å². The molecule has 0 N–H and O–H groups in total. The predicted octanol–water partition coefficient (Wildman–Crippen LogP) is 2.03. The highest BCUT2D eigenvalue weighted by molar-refractivity contribution is 5.43. The van der Waals surface area contributed by atoms with Gasteiger partial charge in [0, 0.05) is 32.2 Å². The molecule has 118 valence electrons. The lowest BCUT2D eigenvalue weighted by Crippen LogP contribution is -2.50. The molecule has 0 unspecified atom stereocenters. The van der Waals surface area contributed by atoms with Crippen LogP contribution >= 0.6 is 0 Å². The van der Waals surface area contributed by atoms with E-state index in [4.69, 9.17) is 10.00 Å². The summed E-state index contributed by atoms with van der Waals surface area (Å²) < 4.78 is 5.82. The van der Waals surface area contributed by atoms with Crippen LogP contribution in [-0.4, -0.2) is 54.3 Å². The molecule has 5 heteroatoms. The Hall–Kier alpha value is -1.64. The van der Waals surface area contributed by atoms with Crippen molar-refractivity contribution in [2.45, 2.75) is 44.9 Å². The topological polar surface area (TPSA) is 52.4 Å². The second kappa shape index (κ2) is 6.64. The molecule has 2 aliphatic rings. The van der Waals surface area contributed by atoms with Gasteiger partial charge in [0.15, 0.2) is 0 Å². The second-order valence-corrected chi connectivity index (χ2v) is 6.46. The van der Waals surface area contributed by atoms with Gasteiger partial charge in [-0.2, -0.15) is 5.26 Å². The fourth-order valence-electron chi connectivity index (χ4n) is 3.70. The van der Waals surface area contributed by atoms with Crippen LogP contribution in [0.3, 0.4) is 0 Å². The third-order valence-electron chi connectivity index (χ3n) is 4.48. The second-order valence-electron chi connectivity index (χ2n) is 6.46. The van der Waals surface area contributed by atoms with Crippen LogP contribution < -0.4 is 4.90 Å². The van der Waals surface area contributed by atoms with E-state index in [-0.39, 0.29) is 0 Å². The van der Waals surface area contributed by atoms with Gasteiger partial charge in [-0.15, -0.1) is 0 Å². The van der Waals surface area contributed by atoms with Gasteiger partial charge in [0.2, 0.25) is 0 Å². The van der Waals surface area contributed by atoms with Gasteiger partial charge in [-0.05, 0) is 38.8 Å². The van der Waals surface area contributed by atoms with Crippen molar-refractivity contribution in [3.63, 3.8) is 0 Å². The standard InChI is InChI=1S/C17H24N4O/c1-13-10-20(11-14(2)22-13)12-16-6-4-8-21(16)17-7-3-5-15(9-18)19-17/h3,5,7,13-14,16H,4,6,8,10-12H2,1-2H3/t13-,14+,16-/m1/s1. The maximum Gasteiger partial charge on any atom is 0.142 e. The maximum atomic E-state index is 9.04. The highest BCUT2D eigenvalue weighted by Crippen LogP contribution is 2.25. The maximum absolute atomic E-state index is 9.04. The van der Waals surface area contributed by atoms with Gasteiger partial charge in [0.1, 0.15) is 17.6 Å². The Labute approximate surface area is 132 Å². The fourth-order valence-corrected chi connectivity index (χ4v) is 3.70. The molecule has 2 fully saturated rings. The summed E-state index contributed by atoms with van der Waals surface area (Å²) in [6.07, 6.45) is 2.99. The molecule has 3 heterocycles. The minimum absolute atomic E-state index is 0.304. The average molecular weight is 300 g/mol. The molecular weight excluding hydrogens is 276 g/mol. The van der Waals surface area contributed by atoms with Gasteiger partial charge in [-0.3, -0.25) is 4.90 Å². The molecule has 2 saturated heterocycles. The molecule has 5 nitrogen and oxygen atoms in total. The van der Waals surface area contributed by atoms with Crippen molar-refractivity contribution in [1.29, 1.82) is 5.26 Å². The summed E-state index contributed by atoms with van der Waals surface area (Å²) >= 11 is 0. The summed E-state index contributed by atoms with van der Waals surface area (Å²) in [5.74, 6) is 0.941. The molecule has 1 aromatic rings. The van der Waals surface area contributed by atoms with E-state index in [9.17, 15) is 0 Å². The number of hydrogen-bond acceptors (Lipinski definition) is 5. The van der Waals surface area contributed by atoms with Crippen LogP contribution in [0.15, 0.2) is 18.2 Å². The quantitative estimate of drug-likeness (QED) is 0.855. The summed E-state index contributed by atoms with van der Waals surface area (Å²) in [5, 5.41) is 9.04. The monoisotopic (exact) mass is 300 g/mol. The minimum atomic E-state index is 0.304. The van der Waals surface area contributed by atoms with Crippen molar-refractivity contribution in [3.8, 4) is 6.07 Å². The summed E-state index contributed by atoms with van der Waals surface area (Å²) in [6.45, 7) is 8.37. The van der Waals surface area contributed by atoms with E-state index in [1.165, 1.54) is 12.8 Å². The molecular formula is C17H24N4O. The van der Waals surface area contributed by atoms with Gasteiger partial charge < -0.3 is 9.64 Å². The van der Waals surface area contributed by atoms with Crippen LogP contribution in [0.2, 0.25) is 0 Å². The van der Waals surface area contributed by atoms with E-state index in [0.717, 1.165) is 32.0 Å². The first kappa shape index (κ1) is 15.3. The molecule has 2 aliphatic heterocycles. The van der Waals surface area contributed by atoms with E-state index in [2.05, 4.69) is 34.7 Å². The van der Waals surface area contributed by atoms with Crippen LogP contribution in [-0.2, 0) is 4.74 Å². The molecule has 0 amide bonds. The highest BCUT2D eigenvalue weighted by atomic mass is 16.5. The highest BCUT2D eigenvalue weighted by Gasteiger charge is 2.30. The summed E-state index contributed by atoms with van der Waals surface area (Å²) in [5.41, 5.74) is 0.497. The van der Waals surface area contributed by atoms with Gasteiger partial charge >= 0.3 is 0 Å². The van der Waals surface area contributed by atoms with Crippen molar-refractivity contribution in [3.05, 3.63) is 23.9 Å². The molecule has 0 aliphatic carbocycles. The zero-order chi connectivity index (χ0) is 15.5. The Morgan fingerprint density at radius 3 is 2.82 bits per heavy atom. The molecule has 0 saturated carbocycles. The number of aromatic nitrogens is 1. The van der Waals surface area contributed by atoms with Crippen LogP contribution in [0.4, 0.5) is 5.82 Å². The molecule has 0 bridgehead atoms. The Balaban J connectivity index is 1.69. The molecule has 0 radical (unpaired) electrons. The van der Waals surface area contributed by atoms with Crippen molar-refractivity contribution in [2.75, 3.05) is 31.1 Å². The van der Waals surface area contributed by atoms with Crippen LogP contribution in [0.25, 0.3) is 0 Å². The van der Waals surface area contributed by atoms with E-state index >= 15 is 0 Å². The van der Waals surface area contributed by atoms with Gasteiger partial charge in [-0.25, -0.2) is 4.98 Å². The molecule has 0 aromatic carbocycles. The number of pyridine rings is 1. The van der Waals surface area contributed by atoms with Crippen molar-refractivity contribution >= 4 is 5.82 Å². The van der Waals surface area contributed by atoms with Crippen LogP contribution in [0.1, 0.15) is 32.4 Å². The smallest absolute Gasteiger partial charge is 0.142 e. The van der Waals surface area contributed by atoms with E-state index < -0.39 is 0 Å². The van der Waals surface area contributed by atoms with Crippen molar-refractivity contribution in [2.24, 2.45) is 0 Å². The van der Waals surface area contributed by atoms with Gasteiger partial charge in [0.05, 0.1) is 12.2 Å². The number of anilines is 1. The SMILES string of the molecule is C[C@@H]1CN(C[C@H]2CCCN2c2cccc(C#N)n2)C[C@H](C)O1. The van der Waals surface area contributed by atoms with Crippen LogP contribution in [0, 0.1) is 11.3 Å². The predicted molar refractivity (Wildman–Crippen MR) is 85.8 cm³/mol. The third-order valence-corrected chi connectivity index (χ3v) is 4.48. The lowest BCUT2D eigenvalue weighted by atomic mass is 10.1. The molecule has 3 atom stereocenters. The summed E-state index contributed by atoms with van der Waals surface area (Å²) in [6, 6.07) is 8.33. The van der Waals surface area contributed by atoms with Gasteiger partial charge in [-0.1, -0.05) is 6.07 Å². The van der Waals surface area contributed by atoms with Crippen molar-refractivity contribution in [1.82, 2.24) is 9.88 Å². The number of morpholine rings is 1. The first-order valence-electron chi connectivity index (χ1n) is 8.17. The first-order valence-corrected chi connectivity index (χ1v) is 8.17. The lowest BCUT2D eigenvalue weighted by Gasteiger charge is -2.38. The number of ether oxygens (including phenoxy) is 1. The molecule has 22 heavy (non-hydrogen) atoms. The fraction of sp³-hybridized carbons (Fsp3) is 0.647. The average Bonchev–Trinajstić information content (AvgIpc) is 2.94. The molecule has 3 rings (SSSR count). The minimum Gasteiger partial charge on any atom is -0.373 e. The Bertz CT molecular complexity index is 546. The zero-order valence-electron chi connectivity index (χ0n) is 13.4. The Kier molecular flexibility index (Phi) is 4.60. The van der Waals surface area contributed by atoms with Gasteiger partial charge in [0.25, 0.3) is 0 Å². The lowest BCUT2D eigenvalue weighted by molar-refractivity contribution is -0.0689. The first-order chi connectivity index (χ1) is 10.7. The summed E-state index contributed by atoms with van der Waals surface area (Å²) in [7, 11) is 0. The summed E-state index contributed by atoms with van der Waals surface area (Å²) in [4.78, 5) is 9.34. The van der Waals surface area contributed by atoms with E-state index in [1.54, 1.807) is 6.07 Å². The number of nitriles is 1. The Morgan fingerprint density at radius 1 is 1.32 bits per heavy atom. The number of hydrogen-bond donors (Lipinski definition) is 0. The number of nitrogens with zero attached hydrogens (tertiary/aromatic N) is 4. The largest absolute Gasteiger partial charge is 0.373 e. The van der Waals surface area contributed by atoms with E-state index in [1.807, 2.05) is 12.1 Å². The molecule has 0 spiro atoms. The van der Waals surface area contributed by atoms with Crippen molar-refractivity contribution < 1.29 is 4.74 Å². The van der Waals surface area contributed by atoms with E-state index in [0.29, 0.717) is 23.9 Å².